The fourth-order valence-corrected chi connectivity index (χ4v) is 1.22. The minimum Gasteiger partial charge on any atom is -0.480 e. The molecule has 0 aliphatic rings. The zero-order valence-electron chi connectivity index (χ0n) is 9.36. The second kappa shape index (κ2) is 6.02. The molecule has 0 saturated carbocycles. The molecule has 0 aliphatic carbocycles. The van der Waals surface area contributed by atoms with Crippen LogP contribution in [0.4, 0.5) is 5.82 Å². The van der Waals surface area contributed by atoms with Crippen molar-refractivity contribution < 1.29 is 14.6 Å². The Morgan fingerprint density at radius 3 is 2.88 bits per heavy atom. The van der Waals surface area contributed by atoms with Crippen LogP contribution in [0.5, 0.6) is 0 Å². The zero-order chi connectivity index (χ0) is 12.0. The van der Waals surface area contributed by atoms with Crippen LogP contribution in [0.15, 0.2) is 6.07 Å². The van der Waals surface area contributed by atoms with Crippen molar-refractivity contribution in [1.29, 1.82) is 0 Å². The van der Waals surface area contributed by atoms with Gasteiger partial charge in [-0.25, -0.2) is 14.8 Å². The van der Waals surface area contributed by atoms with Gasteiger partial charge in [0.15, 0.2) is 0 Å². The molecule has 0 aromatic carbocycles. The lowest BCUT2D eigenvalue weighted by molar-refractivity contribution is -0.142. The fourth-order valence-electron chi connectivity index (χ4n) is 1.22. The summed E-state index contributed by atoms with van der Waals surface area (Å²) < 4.78 is 4.87. The zero-order valence-corrected chi connectivity index (χ0v) is 9.36. The first-order valence-electron chi connectivity index (χ1n) is 4.93. The lowest BCUT2D eigenvalue weighted by atomic mass is 10.4. The number of ether oxygens (including phenoxy) is 1. The van der Waals surface area contributed by atoms with Crippen molar-refractivity contribution in [2.75, 3.05) is 25.1 Å². The molecule has 0 unspecified atom stereocenters. The van der Waals surface area contributed by atoms with Gasteiger partial charge in [-0.2, -0.15) is 0 Å². The van der Waals surface area contributed by atoms with Crippen molar-refractivity contribution in [2.24, 2.45) is 0 Å². The highest BCUT2D eigenvalue weighted by Gasteiger charge is 1.99. The van der Waals surface area contributed by atoms with E-state index in [-0.39, 0.29) is 6.61 Å². The summed E-state index contributed by atoms with van der Waals surface area (Å²) in [5.41, 5.74) is 0.890. The predicted molar refractivity (Wildman–Crippen MR) is 58.5 cm³/mol. The number of nitrogens with zero attached hydrogens (tertiary/aromatic N) is 2. The third-order valence-corrected chi connectivity index (χ3v) is 1.74. The number of carbonyl (C=O) groups is 1. The molecular weight excluding hydrogens is 210 g/mol. The van der Waals surface area contributed by atoms with Gasteiger partial charge in [0.1, 0.15) is 18.2 Å². The van der Waals surface area contributed by atoms with Gasteiger partial charge in [-0.1, -0.05) is 0 Å². The maximum Gasteiger partial charge on any atom is 0.329 e. The number of aryl methyl sites for hydroxylation is 2. The summed E-state index contributed by atoms with van der Waals surface area (Å²) in [6.07, 6.45) is 0. The van der Waals surface area contributed by atoms with E-state index < -0.39 is 5.97 Å². The second-order valence-corrected chi connectivity index (χ2v) is 3.31. The summed E-state index contributed by atoms with van der Waals surface area (Å²) in [5.74, 6) is 0.464. The topological polar surface area (TPSA) is 84.3 Å². The maximum absolute atomic E-state index is 10.2. The maximum atomic E-state index is 10.2. The van der Waals surface area contributed by atoms with E-state index in [4.69, 9.17) is 9.84 Å². The smallest absolute Gasteiger partial charge is 0.329 e. The summed E-state index contributed by atoms with van der Waals surface area (Å²) in [4.78, 5) is 18.5. The standard InChI is InChI=1S/C10H15N3O3/c1-7-5-9(13-8(2)12-7)11-3-4-16-6-10(14)15/h5H,3-4,6H2,1-2H3,(H,14,15)(H,11,12,13). The first kappa shape index (κ1) is 12.4. The number of hydrogen-bond acceptors (Lipinski definition) is 5. The Labute approximate surface area is 93.7 Å². The summed E-state index contributed by atoms with van der Waals surface area (Å²) in [5, 5.41) is 11.4. The van der Waals surface area contributed by atoms with Gasteiger partial charge in [0.25, 0.3) is 0 Å². The Morgan fingerprint density at radius 1 is 1.50 bits per heavy atom. The molecule has 0 radical (unpaired) electrons. The van der Waals surface area contributed by atoms with Crippen molar-refractivity contribution in [3.05, 3.63) is 17.6 Å². The summed E-state index contributed by atoms with van der Waals surface area (Å²) in [6.45, 7) is 4.28. The number of carboxylic acid groups (broad SMARTS) is 1. The number of carboxylic acids is 1. The van der Waals surface area contributed by atoms with Gasteiger partial charge in [-0.05, 0) is 13.8 Å². The molecule has 0 amide bonds. The van der Waals surface area contributed by atoms with Crippen LogP contribution in [0.25, 0.3) is 0 Å². The van der Waals surface area contributed by atoms with Gasteiger partial charge in [0.2, 0.25) is 0 Å². The molecular formula is C10H15N3O3. The summed E-state index contributed by atoms with van der Waals surface area (Å²) in [7, 11) is 0. The van der Waals surface area contributed by atoms with Crippen LogP contribution in [-0.4, -0.2) is 40.8 Å². The van der Waals surface area contributed by atoms with Crippen LogP contribution in [-0.2, 0) is 9.53 Å². The molecule has 0 bridgehead atoms. The van der Waals surface area contributed by atoms with Crippen molar-refractivity contribution in [3.8, 4) is 0 Å². The molecule has 2 N–H and O–H groups in total. The molecule has 16 heavy (non-hydrogen) atoms. The van der Waals surface area contributed by atoms with Gasteiger partial charge in [-0.3, -0.25) is 0 Å². The molecule has 6 heteroatoms. The fraction of sp³-hybridized carbons (Fsp3) is 0.500. The Bertz CT molecular complexity index is 348. The minimum atomic E-state index is -0.964. The van der Waals surface area contributed by atoms with Crippen LogP contribution in [0, 0.1) is 13.8 Å². The minimum absolute atomic E-state index is 0.274. The number of rotatable bonds is 6. The normalized spacial score (nSPS) is 10.1. The molecule has 88 valence electrons. The third kappa shape index (κ3) is 4.70. The molecule has 0 atom stereocenters. The van der Waals surface area contributed by atoms with Gasteiger partial charge in [-0.15, -0.1) is 0 Å². The van der Waals surface area contributed by atoms with Crippen LogP contribution < -0.4 is 5.32 Å². The lowest BCUT2D eigenvalue weighted by Gasteiger charge is -2.06. The second-order valence-electron chi connectivity index (χ2n) is 3.31. The van der Waals surface area contributed by atoms with E-state index in [1.165, 1.54) is 0 Å². The molecule has 1 rings (SSSR count). The SMILES string of the molecule is Cc1cc(NCCOCC(=O)O)nc(C)n1. The predicted octanol–water partition coefficient (Wildman–Crippen LogP) is 0.607. The molecule has 1 aromatic rings. The summed E-state index contributed by atoms with van der Waals surface area (Å²) >= 11 is 0. The number of aliphatic carboxylic acids is 1. The van der Waals surface area contributed by atoms with E-state index in [1.54, 1.807) is 0 Å². The van der Waals surface area contributed by atoms with Gasteiger partial charge in [0, 0.05) is 18.3 Å². The number of aromatic nitrogens is 2. The first-order chi connectivity index (χ1) is 7.58. The van der Waals surface area contributed by atoms with Crippen LogP contribution in [0.1, 0.15) is 11.5 Å². The average molecular weight is 225 g/mol. The van der Waals surface area contributed by atoms with E-state index in [0.717, 1.165) is 11.5 Å². The Hall–Kier alpha value is -1.69. The largest absolute Gasteiger partial charge is 0.480 e. The molecule has 0 fully saturated rings. The molecule has 6 nitrogen and oxygen atoms in total. The van der Waals surface area contributed by atoms with Crippen molar-refractivity contribution in [3.63, 3.8) is 0 Å². The van der Waals surface area contributed by atoms with Crippen molar-refractivity contribution in [1.82, 2.24) is 9.97 Å². The van der Waals surface area contributed by atoms with Crippen molar-refractivity contribution in [2.45, 2.75) is 13.8 Å². The van der Waals surface area contributed by atoms with Crippen LogP contribution >= 0.6 is 0 Å². The van der Waals surface area contributed by atoms with E-state index in [0.29, 0.717) is 19.0 Å². The monoisotopic (exact) mass is 225 g/mol. The third-order valence-electron chi connectivity index (χ3n) is 1.74. The van der Waals surface area contributed by atoms with Crippen LogP contribution in [0.2, 0.25) is 0 Å². The van der Waals surface area contributed by atoms with Crippen molar-refractivity contribution >= 4 is 11.8 Å². The quantitative estimate of drug-likeness (QED) is 0.690. The first-order valence-corrected chi connectivity index (χ1v) is 4.93. The van der Waals surface area contributed by atoms with E-state index >= 15 is 0 Å². The number of nitrogens with one attached hydrogen (secondary N) is 1. The highest BCUT2D eigenvalue weighted by molar-refractivity contribution is 5.67. The molecule has 0 spiro atoms. The van der Waals surface area contributed by atoms with E-state index in [9.17, 15) is 4.79 Å². The average Bonchev–Trinajstić information content (AvgIpc) is 2.15. The van der Waals surface area contributed by atoms with Crippen LogP contribution in [0.3, 0.4) is 0 Å². The molecule has 1 aromatic heterocycles. The van der Waals surface area contributed by atoms with Gasteiger partial charge < -0.3 is 15.2 Å². The van der Waals surface area contributed by atoms with Gasteiger partial charge in [0.05, 0.1) is 6.61 Å². The van der Waals surface area contributed by atoms with E-state index in [1.807, 2.05) is 19.9 Å². The van der Waals surface area contributed by atoms with E-state index in [2.05, 4.69) is 15.3 Å². The number of anilines is 1. The van der Waals surface area contributed by atoms with Gasteiger partial charge >= 0.3 is 5.97 Å². The Morgan fingerprint density at radius 2 is 2.25 bits per heavy atom. The molecule has 0 aliphatic heterocycles. The number of hydrogen-bond donors (Lipinski definition) is 2. The highest BCUT2D eigenvalue weighted by atomic mass is 16.5. The lowest BCUT2D eigenvalue weighted by Crippen LogP contribution is -2.15. The highest BCUT2D eigenvalue weighted by Crippen LogP contribution is 2.04. The summed E-state index contributed by atoms with van der Waals surface area (Å²) in [6, 6.07) is 1.82. The molecule has 0 saturated heterocycles. The Balaban J connectivity index is 2.29. The molecule has 1 heterocycles. The Kier molecular flexibility index (Phi) is 4.65.